The quantitative estimate of drug-likeness (QED) is 0.154. The molecule has 38 heavy (non-hydrogen) atoms. The highest BCUT2D eigenvalue weighted by atomic mass is 32.1. The van der Waals surface area contributed by atoms with Crippen LogP contribution >= 0.6 is 11.3 Å². The molecule has 4 aromatic rings. The summed E-state index contributed by atoms with van der Waals surface area (Å²) in [6.45, 7) is 7.71. The van der Waals surface area contributed by atoms with E-state index in [2.05, 4.69) is 9.83 Å². The Labute approximate surface area is 221 Å². The van der Waals surface area contributed by atoms with Crippen molar-refractivity contribution < 1.29 is 23.1 Å². The number of hydrogen-bond donors (Lipinski definition) is 1. The SMILES string of the molecule is [C-]#[N+]c1cc(C(F)(F)F)ccc1/C(=C(\c1ccc(/C=C/C(=O)O)cc1)c1ccc2scnc2c1)C1CCC1. The second kappa shape index (κ2) is 10.3. The molecule has 4 nitrogen and oxygen atoms in total. The fourth-order valence-electron chi connectivity index (χ4n) is 4.70. The predicted molar refractivity (Wildman–Crippen MR) is 144 cm³/mol. The number of hydrogen-bond acceptors (Lipinski definition) is 3. The Morgan fingerprint density at radius 3 is 2.42 bits per heavy atom. The minimum Gasteiger partial charge on any atom is -0.478 e. The van der Waals surface area contributed by atoms with E-state index in [1.54, 1.807) is 17.6 Å². The number of fused-ring (bicyclic) bond motifs is 1. The molecular weight excluding hydrogens is 509 g/mol. The Hall–Kier alpha value is -4.22. The molecule has 1 N–H and O–H groups in total. The first-order chi connectivity index (χ1) is 18.2. The maximum absolute atomic E-state index is 13.5. The number of nitrogens with zero attached hydrogens (tertiary/aromatic N) is 2. The van der Waals surface area contributed by atoms with Gasteiger partial charge in [0, 0.05) is 11.6 Å². The molecule has 0 bridgehead atoms. The van der Waals surface area contributed by atoms with E-state index in [-0.39, 0.29) is 11.6 Å². The highest BCUT2D eigenvalue weighted by Gasteiger charge is 2.33. The van der Waals surface area contributed by atoms with Gasteiger partial charge in [0.15, 0.2) is 5.69 Å². The number of thiazole rings is 1. The standard InChI is InChI=1S/C30H21F3N2O2S/c1-34-24-16-22(30(31,32)33)11-12-23(24)29(19-3-2-4-19)28(21-10-13-26-25(15-21)35-17-38-26)20-8-5-18(6-9-20)7-14-27(36)37/h5-17,19H,2-4H2,(H,36,37)/b14-7+,29-28+. The molecule has 5 rings (SSSR count). The molecule has 0 spiro atoms. The lowest BCUT2D eigenvalue weighted by Crippen LogP contribution is -2.15. The zero-order valence-electron chi connectivity index (χ0n) is 20.0. The van der Waals surface area contributed by atoms with Gasteiger partial charge in [-0.05, 0) is 76.4 Å². The molecule has 0 aliphatic heterocycles. The molecule has 1 heterocycles. The van der Waals surface area contributed by atoms with E-state index in [1.165, 1.54) is 23.5 Å². The highest BCUT2D eigenvalue weighted by molar-refractivity contribution is 7.16. The fraction of sp³-hybridized carbons (Fsp3) is 0.167. The number of aliphatic carboxylic acids is 1. The number of benzene rings is 3. The van der Waals surface area contributed by atoms with Crippen molar-refractivity contribution in [2.45, 2.75) is 25.4 Å². The first kappa shape index (κ1) is 25.4. The van der Waals surface area contributed by atoms with Crippen molar-refractivity contribution in [1.82, 2.24) is 4.98 Å². The summed E-state index contributed by atoms with van der Waals surface area (Å²) in [5.41, 5.74) is 6.27. The van der Waals surface area contributed by atoms with Gasteiger partial charge in [0.05, 0.1) is 22.3 Å². The second-order valence-electron chi connectivity index (χ2n) is 9.09. The third kappa shape index (κ3) is 5.11. The largest absolute Gasteiger partial charge is 0.478 e. The lowest BCUT2D eigenvalue weighted by molar-refractivity contribution is -0.137. The lowest BCUT2D eigenvalue weighted by Gasteiger charge is -2.32. The molecule has 190 valence electrons. The van der Waals surface area contributed by atoms with Crippen LogP contribution < -0.4 is 0 Å². The summed E-state index contributed by atoms with van der Waals surface area (Å²) in [6, 6.07) is 16.7. The van der Waals surface area contributed by atoms with Gasteiger partial charge in [-0.1, -0.05) is 48.9 Å². The second-order valence-corrected chi connectivity index (χ2v) is 9.97. The lowest BCUT2D eigenvalue weighted by atomic mass is 9.72. The first-order valence-electron chi connectivity index (χ1n) is 11.9. The van der Waals surface area contributed by atoms with Gasteiger partial charge in [0.2, 0.25) is 0 Å². The zero-order valence-corrected chi connectivity index (χ0v) is 20.8. The van der Waals surface area contributed by atoms with Crippen LogP contribution in [0, 0.1) is 12.5 Å². The van der Waals surface area contributed by atoms with Crippen molar-refractivity contribution >= 4 is 50.4 Å². The minimum absolute atomic E-state index is 0.0324. The van der Waals surface area contributed by atoms with Crippen LogP contribution in [0.2, 0.25) is 0 Å². The Morgan fingerprint density at radius 2 is 1.79 bits per heavy atom. The molecule has 0 atom stereocenters. The summed E-state index contributed by atoms with van der Waals surface area (Å²) in [4.78, 5) is 18.9. The van der Waals surface area contributed by atoms with Crippen LogP contribution in [0.15, 0.2) is 72.3 Å². The number of aromatic nitrogens is 1. The van der Waals surface area contributed by atoms with E-state index >= 15 is 0 Å². The number of rotatable bonds is 6. The van der Waals surface area contributed by atoms with Crippen LogP contribution in [0.3, 0.4) is 0 Å². The molecule has 0 amide bonds. The zero-order chi connectivity index (χ0) is 26.9. The van der Waals surface area contributed by atoms with Crippen molar-refractivity contribution in [1.29, 1.82) is 0 Å². The van der Waals surface area contributed by atoms with E-state index in [0.29, 0.717) is 11.1 Å². The topological polar surface area (TPSA) is 54.5 Å². The van der Waals surface area contributed by atoms with Crippen LogP contribution in [0.25, 0.3) is 32.3 Å². The Balaban J connectivity index is 1.77. The molecule has 8 heteroatoms. The average molecular weight is 531 g/mol. The van der Waals surface area contributed by atoms with E-state index in [0.717, 1.165) is 70.0 Å². The number of halogens is 3. The van der Waals surface area contributed by atoms with Gasteiger partial charge in [0.1, 0.15) is 0 Å². The van der Waals surface area contributed by atoms with Gasteiger partial charge in [-0.15, -0.1) is 11.3 Å². The Bertz CT molecular complexity index is 1620. The third-order valence-corrected chi connectivity index (χ3v) is 7.57. The van der Waals surface area contributed by atoms with Crippen LogP contribution in [-0.2, 0) is 11.0 Å². The number of alkyl halides is 3. The monoisotopic (exact) mass is 530 g/mol. The van der Waals surface area contributed by atoms with E-state index in [1.807, 2.05) is 30.3 Å². The molecular formula is C30H21F3N2O2S. The predicted octanol–water partition coefficient (Wildman–Crippen LogP) is 8.72. The molecule has 0 unspecified atom stereocenters. The third-order valence-electron chi connectivity index (χ3n) is 6.76. The van der Waals surface area contributed by atoms with E-state index < -0.39 is 17.7 Å². The molecule has 1 saturated carbocycles. The number of carboxylic acid groups (broad SMARTS) is 1. The minimum atomic E-state index is -4.55. The molecule has 0 radical (unpaired) electrons. The summed E-state index contributed by atoms with van der Waals surface area (Å²) in [6.07, 6.45) is 0.753. The van der Waals surface area contributed by atoms with Crippen molar-refractivity contribution in [2.24, 2.45) is 5.92 Å². The average Bonchev–Trinajstić information content (AvgIpc) is 3.34. The fourth-order valence-corrected chi connectivity index (χ4v) is 5.36. The van der Waals surface area contributed by atoms with E-state index in [4.69, 9.17) is 11.7 Å². The van der Waals surface area contributed by atoms with Gasteiger partial charge in [0.25, 0.3) is 0 Å². The summed E-state index contributed by atoms with van der Waals surface area (Å²) in [5, 5.41) is 8.95. The van der Waals surface area contributed by atoms with Crippen molar-refractivity contribution in [2.75, 3.05) is 0 Å². The van der Waals surface area contributed by atoms with Gasteiger partial charge < -0.3 is 5.11 Å². The van der Waals surface area contributed by atoms with Crippen molar-refractivity contribution in [3.05, 3.63) is 111 Å². The molecule has 1 aliphatic rings. The van der Waals surface area contributed by atoms with Crippen LogP contribution in [0.1, 0.15) is 47.1 Å². The van der Waals surface area contributed by atoms with Gasteiger partial charge in [-0.2, -0.15) is 13.2 Å². The molecule has 1 aliphatic carbocycles. The molecule has 1 aromatic heterocycles. The smallest absolute Gasteiger partial charge is 0.415 e. The molecule has 3 aromatic carbocycles. The summed E-state index contributed by atoms with van der Waals surface area (Å²) in [7, 11) is 0. The number of carbonyl (C=O) groups is 1. The van der Waals surface area contributed by atoms with Gasteiger partial charge in [-0.25, -0.2) is 14.6 Å². The maximum atomic E-state index is 13.5. The van der Waals surface area contributed by atoms with Gasteiger partial charge in [-0.3, -0.25) is 0 Å². The van der Waals surface area contributed by atoms with E-state index in [9.17, 15) is 18.0 Å². The van der Waals surface area contributed by atoms with Gasteiger partial charge >= 0.3 is 12.1 Å². The van der Waals surface area contributed by atoms with Crippen LogP contribution in [0.5, 0.6) is 0 Å². The van der Waals surface area contributed by atoms with Crippen molar-refractivity contribution in [3.63, 3.8) is 0 Å². The normalized spacial score (nSPS) is 14.8. The number of carboxylic acids is 1. The summed E-state index contributed by atoms with van der Waals surface area (Å²) >= 11 is 1.52. The van der Waals surface area contributed by atoms with Crippen LogP contribution in [0.4, 0.5) is 18.9 Å². The van der Waals surface area contributed by atoms with Crippen LogP contribution in [-0.4, -0.2) is 16.1 Å². The molecule has 1 fully saturated rings. The number of allylic oxidation sites excluding steroid dienone is 1. The first-order valence-corrected chi connectivity index (χ1v) is 12.8. The maximum Gasteiger partial charge on any atom is 0.415 e. The highest BCUT2D eigenvalue weighted by Crippen LogP contribution is 2.48. The Morgan fingerprint density at radius 1 is 1.05 bits per heavy atom. The summed E-state index contributed by atoms with van der Waals surface area (Å²) < 4.78 is 41.4. The Kier molecular flexibility index (Phi) is 6.87. The molecule has 0 saturated heterocycles. The van der Waals surface area contributed by atoms with Crippen molar-refractivity contribution in [3.8, 4) is 0 Å². The summed E-state index contributed by atoms with van der Waals surface area (Å²) in [5.74, 6) is -0.965.